The molecule has 6 heteroatoms. The van der Waals surface area contributed by atoms with Crippen molar-refractivity contribution in [1.29, 1.82) is 0 Å². The smallest absolute Gasteiger partial charge is 0.126 e. The lowest BCUT2D eigenvalue weighted by Crippen LogP contribution is -2.14. The molecule has 0 bridgehead atoms. The average Bonchev–Trinajstić information content (AvgIpc) is 2.66. The third kappa shape index (κ3) is 3.86. The van der Waals surface area contributed by atoms with Crippen molar-refractivity contribution in [2.24, 2.45) is 0 Å². The number of ether oxygens (including phenoxy) is 2. The summed E-state index contributed by atoms with van der Waals surface area (Å²) in [7, 11) is 3.17. The molecule has 0 fully saturated rings. The molecule has 0 aliphatic rings. The summed E-state index contributed by atoms with van der Waals surface area (Å²) in [5, 5.41) is 14.8. The van der Waals surface area contributed by atoms with E-state index in [0.29, 0.717) is 29.4 Å². The Hall–Kier alpha value is -2.31. The van der Waals surface area contributed by atoms with E-state index in [1.165, 1.54) is 0 Å². The highest BCUT2D eigenvalue weighted by atomic mass is 79.9. The molecule has 25 heavy (non-hydrogen) atoms. The minimum Gasteiger partial charge on any atom is -0.497 e. The predicted octanol–water partition coefficient (Wildman–Crippen LogP) is 4.16. The molecule has 0 aliphatic carbocycles. The van der Waals surface area contributed by atoms with Crippen LogP contribution < -0.4 is 14.8 Å². The van der Waals surface area contributed by atoms with Gasteiger partial charge in [0, 0.05) is 22.0 Å². The van der Waals surface area contributed by atoms with Crippen LogP contribution in [-0.2, 0) is 0 Å². The van der Waals surface area contributed by atoms with E-state index < -0.39 is 6.10 Å². The van der Waals surface area contributed by atoms with Crippen LogP contribution in [0.4, 0.5) is 5.82 Å². The van der Waals surface area contributed by atoms with Gasteiger partial charge in [-0.15, -0.1) is 0 Å². The molecule has 2 N–H and O–H groups in total. The second kappa shape index (κ2) is 7.72. The summed E-state index contributed by atoms with van der Waals surface area (Å²) < 4.78 is 11.5. The van der Waals surface area contributed by atoms with E-state index >= 15 is 0 Å². The average molecular weight is 403 g/mol. The number of aliphatic hydroxyl groups is 1. The minimum atomic E-state index is -0.762. The first kappa shape index (κ1) is 17.5. The highest BCUT2D eigenvalue weighted by molar-refractivity contribution is 9.10. The summed E-state index contributed by atoms with van der Waals surface area (Å²) in [5.74, 6) is 1.98. The molecule has 1 aromatic heterocycles. The van der Waals surface area contributed by atoms with Crippen LogP contribution in [0.1, 0.15) is 11.7 Å². The summed E-state index contributed by atoms with van der Waals surface area (Å²) in [5.41, 5.74) is 1.54. The number of halogens is 1. The predicted molar refractivity (Wildman–Crippen MR) is 102 cm³/mol. The third-order valence-electron chi connectivity index (χ3n) is 3.94. The first-order valence-electron chi connectivity index (χ1n) is 7.81. The fraction of sp³-hybridized carbons (Fsp3) is 0.211. The Balaban J connectivity index is 1.78. The van der Waals surface area contributed by atoms with Gasteiger partial charge >= 0.3 is 0 Å². The normalized spacial score (nSPS) is 12.0. The quantitative estimate of drug-likeness (QED) is 0.647. The van der Waals surface area contributed by atoms with Crippen molar-refractivity contribution in [2.75, 3.05) is 26.1 Å². The van der Waals surface area contributed by atoms with Crippen LogP contribution in [0.5, 0.6) is 11.5 Å². The molecular formula is C19H19BrN2O3. The molecule has 3 rings (SSSR count). The maximum Gasteiger partial charge on any atom is 0.126 e. The molecular weight excluding hydrogens is 384 g/mol. The maximum absolute atomic E-state index is 10.5. The lowest BCUT2D eigenvalue weighted by Gasteiger charge is -2.17. The molecule has 0 amide bonds. The number of nitrogens with one attached hydrogen (secondary N) is 1. The number of aliphatic hydroxyl groups excluding tert-OH is 1. The van der Waals surface area contributed by atoms with E-state index in [1.807, 2.05) is 30.3 Å². The fourth-order valence-corrected chi connectivity index (χ4v) is 3.09. The number of anilines is 1. The Kier molecular flexibility index (Phi) is 5.40. The molecule has 0 radical (unpaired) electrons. The number of hydrogen-bond acceptors (Lipinski definition) is 5. The fourth-order valence-electron chi connectivity index (χ4n) is 2.62. The van der Waals surface area contributed by atoms with Gasteiger partial charge < -0.3 is 19.9 Å². The second-order valence-corrected chi connectivity index (χ2v) is 6.37. The molecule has 3 aromatic rings. The van der Waals surface area contributed by atoms with E-state index in [9.17, 15) is 5.11 Å². The number of benzene rings is 2. The van der Waals surface area contributed by atoms with Crippen LogP contribution in [0, 0.1) is 0 Å². The summed E-state index contributed by atoms with van der Waals surface area (Å²) in [6.07, 6.45) is -0.762. The van der Waals surface area contributed by atoms with Crippen LogP contribution in [0.3, 0.4) is 0 Å². The molecule has 0 saturated heterocycles. The Morgan fingerprint density at radius 3 is 2.72 bits per heavy atom. The van der Waals surface area contributed by atoms with Gasteiger partial charge in [-0.1, -0.05) is 12.1 Å². The number of hydrogen-bond donors (Lipinski definition) is 2. The number of rotatable bonds is 6. The van der Waals surface area contributed by atoms with Crippen LogP contribution in [0.25, 0.3) is 10.9 Å². The summed E-state index contributed by atoms with van der Waals surface area (Å²) in [6.45, 7) is 0.298. The molecule has 1 atom stereocenters. The van der Waals surface area contributed by atoms with E-state index in [4.69, 9.17) is 9.47 Å². The van der Waals surface area contributed by atoms with Gasteiger partial charge in [-0.05, 0) is 52.3 Å². The zero-order valence-electron chi connectivity index (χ0n) is 14.0. The number of nitrogens with zero attached hydrogens (tertiary/aromatic N) is 1. The van der Waals surface area contributed by atoms with E-state index in [1.54, 1.807) is 32.4 Å². The summed E-state index contributed by atoms with van der Waals surface area (Å²) in [6, 6.07) is 15.2. The number of fused-ring (bicyclic) bond motifs is 1. The first-order chi connectivity index (χ1) is 12.1. The van der Waals surface area contributed by atoms with Crippen LogP contribution in [0.2, 0.25) is 0 Å². The molecule has 130 valence electrons. The molecule has 0 saturated carbocycles. The van der Waals surface area contributed by atoms with E-state index in [0.717, 1.165) is 15.4 Å². The van der Waals surface area contributed by atoms with Crippen molar-refractivity contribution >= 4 is 32.7 Å². The number of para-hydroxylation sites is 1. The zero-order valence-corrected chi connectivity index (χ0v) is 15.6. The monoisotopic (exact) mass is 402 g/mol. The van der Waals surface area contributed by atoms with Gasteiger partial charge in [0.25, 0.3) is 0 Å². The van der Waals surface area contributed by atoms with E-state index in [-0.39, 0.29) is 0 Å². The molecule has 5 nitrogen and oxygen atoms in total. The first-order valence-corrected chi connectivity index (χ1v) is 8.61. The molecule has 2 aromatic carbocycles. The number of aromatic nitrogens is 1. The van der Waals surface area contributed by atoms with Gasteiger partial charge in [-0.3, -0.25) is 0 Å². The SMILES string of the molecule is COc1ccc(OC)c(C(O)CNc2ccc3cccc(Br)c3n2)c1. The van der Waals surface area contributed by atoms with Gasteiger partial charge in [0.05, 0.1) is 25.8 Å². The molecule has 0 aliphatic heterocycles. The largest absolute Gasteiger partial charge is 0.497 e. The van der Waals surface area contributed by atoms with Gasteiger partial charge in [0.1, 0.15) is 17.3 Å². The Bertz CT molecular complexity index is 886. The van der Waals surface area contributed by atoms with Crippen molar-refractivity contribution < 1.29 is 14.6 Å². The summed E-state index contributed by atoms with van der Waals surface area (Å²) >= 11 is 3.51. The third-order valence-corrected chi connectivity index (χ3v) is 4.58. The number of methoxy groups -OCH3 is 2. The number of pyridine rings is 1. The molecule has 1 heterocycles. The minimum absolute atomic E-state index is 0.298. The topological polar surface area (TPSA) is 63.6 Å². The van der Waals surface area contributed by atoms with Gasteiger partial charge in [0.2, 0.25) is 0 Å². The Morgan fingerprint density at radius 1 is 1.12 bits per heavy atom. The van der Waals surface area contributed by atoms with Gasteiger partial charge in [0.15, 0.2) is 0 Å². The van der Waals surface area contributed by atoms with Crippen LogP contribution in [-0.4, -0.2) is 30.9 Å². The van der Waals surface area contributed by atoms with Crippen molar-refractivity contribution in [3.05, 3.63) is 58.6 Å². The molecule has 0 spiro atoms. The standard InChI is InChI=1S/C19H19BrN2O3/c1-24-13-7-8-17(25-2)14(10-13)16(23)11-21-18-9-6-12-4-3-5-15(20)19(12)22-18/h3-10,16,23H,11H2,1-2H3,(H,21,22). The Morgan fingerprint density at radius 2 is 1.96 bits per heavy atom. The summed E-state index contributed by atoms with van der Waals surface area (Å²) in [4.78, 5) is 4.59. The highest BCUT2D eigenvalue weighted by Gasteiger charge is 2.15. The van der Waals surface area contributed by atoms with Crippen molar-refractivity contribution in [3.63, 3.8) is 0 Å². The molecule has 1 unspecified atom stereocenters. The highest BCUT2D eigenvalue weighted by Crippen LogP contribution is 2.30. The van der Waals surface area contributed by atoms with E-state index in [2.05, 4.69) is 26.2 Å². The van der Waals surface area contributed by atoms with Crippen LogP contribution >= 0.6 is 15.9 Å². The van der Waals surface area contributed by atoms with Crippen LogP contribution in [0.15, 0.2) is 53.0 Å². The van der Waals surface area contributed by atoms with Crippen molar-refractivity contribution in [3.8, 4) is 11.5 Å². The van der Waals surface area contributed by atoms with Crippen molar-refractivity contribution in [1.82, 2.24) is 4.98 Å². The van der Waals surface area contributed by atoms with Gasteiger partial charge in [-0.2, -0.15) is 0 Å². The zero-order chi connectivity index (χ0) is 17.8. The van der Waals surface area contributed by atoms with Crippen molar-refractivity contribution in [2.45, 2.75) is 6.10 Å². The lowest BCUT2D eigenvalue weighted by molar-refractivity contribution is 0.186. The maximum atomic E-state index is 10.5. The lowest BCUT2D eigenvalue weighted by atomic mass is 10.1. The second-order valence-electron chi connectivity index (χ2n) is 5.51. The van der Waals surface area contributed by atoms with Gasteiger partial charge in [-0.25, -0.2) is 4.98 Å². The Labute approximate surface area is 154 Å².